The van der Waals surface area contributed by atoms with Crippen LogP contribution in [0.3, 0.4) is 0 Å². The molecule has 0 rings (SSSR count). The molecule has 0 aliphatic heterocycles. The molecular weight excluding hydrogens is 311 g/mol. The van der Waals surface area contributed by atoms with Gasteiger partial charge in [0, 0.05) is 0 Å². The van der Waals surface area contributed by atoms with Crippen LogP contribution < -0.4 is 11.1 Å². The van der Waals surface area contributed by atoms with Crippen molar-refractivity contribution in [2.75, 3.05) is 0 Å². The van der Waals surface area contributed by atoms with Crippen molar-refractivity contribution in [1.82, 2.24) is 5.32 Å². The first-order valence-electron chi connectivity index (χ1n) is 8.76. The molecule has 0 aromatic carbocycles. The Morgan fingerprint density at radius 3 is 1.75 bits per heavy atom. The molecule has 20 heavy (non-hydrogen) atoms. The van der Waals surface area contributed by atoms with E-state index in [9.17, 15) is 0 Å². The second-order valence-corrected chi connectivity index (χ2v) is 6.89. The minimum atomic E-state index is 0.570. The second-order valence-electron chi connectivity index (χ2n) is 5.96. The summed E-state index contributed by atoms with van der Waals surface area (Å²) in [5, 5.41) is 3.38. The summed E-state index contributed by atoms with van der Waals surface area (Å²) in [6.07, 6.45) is 17.7. The van der Waals surface area contributed by atoms with Gasteiger partial charge in [-0.1, -0.05) is 13.3 Å². The van der Waals surface area contributed by atoms with E-state index >= 15 is 0 Å². The predicted octanol–water partition coefficient (Wildman–Crippen LogP) is 4.27. The summed E-state index contributed by atoms with van der Waals surface area (Å²) in [7, 11) is 0. The summed E-state index contributed by atoms with van der Waals surface area (Å²) in [4.78, 5) is 0. The molecule has 0 saturated carbocycles. The van der Waals surface area contributed by atoms with Gasteiger partial charge < -0.3 is 0 Å². The fraction of sp³-hybridized carbons (Fsp3) is 0.941. The molecule has 0 saturated heterocycles. The third-order valence-electron chi connectivity index (χ3n) is 3.91. The van der Waals surface area contributed by atoms with Gasteiger partial charge in [-0.2, -0.15) is 0 Å². The fourth-order valence-electron chi connectivity index (χ4n) is 2.64. The molecule has 0 aromatic rings. The van der Waals surface area contributed by atoms with Crippen molar-refractivity contribution in [2.45, 2.75) is 103 Å². The molecular formula is C17H36N2Se. The summed E-state index contributed by atoms with van der Waals surface area (Å²) in [6.45, 7) is 4.53. The van der Waals surface area contributed by atoms with E-state index in [4.69, 9.17) is 5.73 Å². The quantitative estimate of drug-likeness (QED) is 0.343. The molecule has 0 aromatic heterocycles. The maximum absolute atomic E-state index is 5.72. The molecule has 1 unspecified atom stereocenters. The van der Waals surface area contributed by atoms with E-state index in [1.54, 1.807) is 0 Å². The van der Waals surface area contributed by atoms with Crippen LogP contribution in [0.5, 0.6) is 0 Å². The summed E-state index contributed by atoms with van der Waals surface area (Å²) < 4.78 is 0.752. The van der Waals surface area contributed by atoms with Crippen LogP contribution in [0.25, 0.3) is 0 Å². The number of rotatable bonds is 15. The maximum atomic E-state index is 5.72. The van der Waals surface area contributed by atoms with Crippen LogP contribution >= 0.6 is 0 Å². The van der Waals surface area contributed by atoms with Crippen molar-refractivity contribution >= 4 is 20.2 Å². The second kappa shape index (κ2) is 15.4. The average Bonchev–Trinajstić information content (AvgIpc) is 2.42. The van der Waals surface area contributed by atoms with Gasteiger partial charge in [-0.05, 0) is 0 Å². The molecule has 3 N–H and O–H groups in total. The van der Waals surface area contributed by atoms with Gasteiger partial charge in [0.1, 0.15) is 0 Å². The Hall–Kier alpha value is -0.0105. The van der Waals surface area contributed by atoms with Gasteiger partial charge in [0.25, 0.3) is 0 Å². The van der Waals surface area contributed by atoms with Crippen molar-refractivity contribution < 1.29 is 0 Å². The van der Waals surface area contributed by atoms with Crippen LogP contribution in [0.4, 0.5) is 0 Å². The summed E-state index contributed by atoms with van der Waals surface area (Å²) in [5.41, 5.74) is 5.72. The molecule has 0 heterocycles. The Morgan fingerprint density at radius 2 is 1.25 bits per heavy atom. The Balaban J connectivity index is 3.45. The minimum absolute atomic E-state index is 0.570. The SMILES string of the molecule is CCCCCCCCCCCC(CCCC)NC(N)=[Se]. The molecule has 0 aliphatic rings. The predicted molar refractivity (Wildman–Crippen MR) is 93.2 cm³/mol. The van der Waals surface area contributed by atoms with E-state index in [-0.39, 0.29) is 0 Å². The molecule has 120 valence electrons. The molecule has 2 nitrogen and oxygen atoms in total. The average molecular weight is 347 g/mol. The van der Waals surface area contributed by atoms with Gasteiger partial charge in [-0.25, -0.2) is 0 Å². The van der Waals surface area contributed by atoms with E-state index in [0.29, 0.717) is 6.04 Å². The standard InChI is InChI=1S/C17H36N2Se/c1-3-5-7-8-9-10-11-12-13-15-16(14-6-4-2)19-17(18)20/h16H,3-15H2,1-2H3,(H3,18,19,20). The van der Waals surface area contributed by atoms with Gasteiger partial charge in [0.2, 0.25) is 0 Å². The number of unbranched alkanes of at least 4 members (excludes halogenated alkanes) is 9. The van der Waals surface area contributed by atoms with Gasteiger partial charge in [-0.15, -0.1) is 0 Å². The number of nitrogens with two attached hydrogens (primary N) is 1. The van der Waals surface area contributed by atoms with E-state index < -0.39 is 0 Å². The number of nitrogens with one attached hydrogen (secondary N) is 1. The molecule has 0 radical (unpaired) electrons. The van der Waals surface area contributed by atoms with Crippen molar-refractivity contribution in [3.8, 4) is 0 Å². The molecule has 0 aliphatic carbocycles. The van der Waals surface area contributed by atoms with E-state index in [1.165, 1.54) is 83.5 Å². The first kappa shape index (κ1) is 20.0. The van der Waals surface area contributed by atoms with E-state index in [0.717, 1.165) is 4.67 Å². The van der Waals surface area contributed by atoms with Gasteiger partial charge >= 0.3 is 121 Å². The molecule has 0 amide bonds. The zero-order chi connectivity index (χ0) is 15.1. The third-order valence-corrected chi connectivity index (χ3v) is 4.16. The summed E-state index contributed by atoms with van der Waals surface area (Å²) in [6, 6.07) is 0.570. The Kier molecular flexibility index (Phi) is 15.4. The van der Waals surface area contributed by atoms with Crippen molar-refractivity contribution in [3.05, 3.63) is 0 Å². The molecule has 3 heteroatoms. The van der Waals surface area contributed by atoms with Crippen LogP contribution in [-0.2, 0) is 0 Å². The summed E-state index contributed by atoms with van der Waals surface area (Å²) in [5.74, 6) is 0. The Labute approximate surface area is 135 Å². The Morgan fingerprint density at radius 1 is 0.800 bits per heavy atom. The topological polar surface area (TPSA) is 38.0 Å². The number of hydrogen-bond acceptors (Lipinski definition) is 2. The van der Waals surface area contributed by atoms with Crippen molar-refractivity contribution in [1.29, 1.82) is 0 Å². The molecule has 0 fully saturated rings. The van der Waals surface area contributed by atoms with Crippen molar-refractivity contribution in [3.63, 3.8) is 0 Å². The van der Waals surface area contributed by atoms with Crippen LogP contribution in [0, 0.1) is 0 Å². The van der Waals surface area contributed by atoms with E-state index in [1.807, 2.05) is 0 Å². The third kappa shape index (κ3) is 14.4. The normalized spacial score (nSPS) is 12.3. The molecule has 0 bridgehead atoms. The molecule has 1 atom stereocenters. The zero-order valence-electron chi connectivity index (χ0n) is 13.8. The van der Waals surface area contributed by atoms with E-state index in [2.05, 4.69) is 34.7 Å². The van der Waals surface area contributed by atoms with Crippen LogP contribution in [0.1, 0.15) is 97.3 Å². The van der Waals surface area contributed by atoms with Crippen LogP contribution in [0.15, 0.2) is 0 Å². The number of hydrogen-bond donors (Lipinski definition) is 2. The summed E-state index contributed by atoms with van der Waals surface area (Å²) >= 11 is 2.87. The van der Waals surface area contributed by atoms with Crippen molar-refractivity contribution in [2.24, 2.45) is 5.73 Å². The van der Waals surface area contributed by atoms with Gasteiger partial charge in [0.05, 0.1) is 0 Å². The monoisotopic (exact) mass is 348 g/mol. The fourth-order valence-corrected chi connectivity index (χ4v) is 2.99. The van der Waals surface area contributed by atoms with Crippen LogP contribution in [0.2, 0.25) is 0 Å². The molecule has 0 spiro atoms. The van der Waals surface area contributed by atoms with Gasteiger partial charge in [-0.3, -0.25) is 0 Å². The Bertz CT molecular complexity index is 219. The first-order valence-corrected chi connectivity index (χ1v) is 9.62. The van der Waals surface area contributed by atoms with Crippen LogP contribution in [-0.4, -0.2) is 26.3 Å². The van der Waals surface area contributed by atoms with Gasteiger partial charge in [0.15, 0.2) is 0 Å². The zero-order valence-corrected chi connectivity index (χ0v) is 15.5. The first-order chi connectivity index (χ1) is 9.70.